The quantitative estimate of drug-likeness (QED) is 0.0202. The molecule has 0 saturated carbocycles. The lowest BCUT2D eigenvalue weighted by Crippen LogP contribution is -2.00. The van der Waals surface area contributed by atoms with Gasteiger partial charge in [0.05, 0.1) is 19.8 Å². The van der Waals surface area contributed by atoms with E-state index in [0.29, 0.717) is 58.6 Å². The minimum atomic E-state index is -3.06. The molecular formula is C40H78N5O12P5S6. The van der Waals surface area contributed by atoms with Crippen LogP contribution in [0.25, 0.3) is 24.2 Å². The second kappa shape index (κ2) is 58.6. The van der Waals surface area contributed by atoms with Gasteiger partial charge >= 0.3 is 15.2 Å². The molecule has 68 heavy (non-hydrogen) atoms. The van der Waals surface area contributed by atoms with Gasteiger partial charge in [-0.05, 0) is 44.3 Å². The molecule has 396 valence electrons. The summed E-state index contributed by atoms with van der Waals surface area (Å²) < 4.78 is 82.0. The van der Waals surface area contributed by atoms with Crippen LogP contribution in [-0.4, -0.2) is 160 Å². The maximum Gasteiger partial charge on any atom is 0.327 e. The predicted molar refractivity (Wildman–Crippen MR) is 302 cm³/mol. The highest BCUT2D eigenvalue weighted by Crippen LogP contribution is 2.51. The Hall–Kier alpha value is 0.740. The summed E-state index contributed by atoms with van der Waals surface area (Å²) in [4.78, 5) is 15.8. The highest BCUT2D eigenvalue weighted by Gasteiger charge is 2.19. The fourth-order valence-corrected chi connectivity index (χ4v) is 15.1. The van der Waals surface area contributed by atoms with E-state index in [1.54, 1.807) is 13.8 Å². The Morgan fingerprint density at radius 3 is 1.29 bits per heavy atom. The monoisotopic (exact) mass is 1170 g/mol. The van der Waals surface area contributed by atoms with E-state index in [9.17, 15) is 13.7 Å². The zero-order chi connectivity index (χ0) is 51.9. The third-order valence-corrected chi connectivity index (χ3v) is 21.2. The lowest BCUT2D eigenvalue weighted by Gasteiger charge is -2.14. The van der Waals surface area contributed by atoms with E-state index in [1.807, 2.05) is 49.8 Å². The van der Waals surface area contributed by atoms with Crippen LogP contribution in [-0.2, 0) is 54.4 Å². The van der Waals surface area contributed by atoms with Crippen LogP contribution < -0.4 is 0 Å². The molecule has 0 aliphatic heterocycles. The van der Waals surface area contributed by atoms with E-state index in [-0.39, 0.29) is 32.9 Å². The summed E-state index contributed by atoms with van der Waals surface area (Å²) in [5, 5.41) is 0. The van der Waals surface area contributed by atoms with Gasteiger partial charge in [0, 0.05) is 68.7 Å². The smallest absolute Gasteiger partial charge is 0.327 e. The molecule has 5 unspecified atom stereocenters. The van der Waals surface area contributed by atoms with Crippen molar-refractivity contribution in [1.82, 2.24) is 0 Å². The number of thiol groups is 1. The second-order valence-corrected chi connectivity index (χ2v) is 30.7. The van der Waals surface area contributed by atoms with E-state index in [2.05, 4.69) is 50.7 Å². The Bertz CT molecular complexity index is 1510. The molecule has 0 aliphatic rings. The zero-order valence-corrected chi connectivity index (χ0v) is 50.6. The van der Waals surface area contributed by atoms with Gasteiger partial charge < -0.3 is 64.9 Å². The van der Waals surface area contributed by atoms with Crippen LogP contribution in [0.15, 0.2) is 0 Å². The normalized spacial score (nSPS) is 14.0. The maximum absolute atomic E-state index is 11.8. The van der Waals surface area contributed by atoms with Gasteiger partial charge in [-0.15, -0.1) is 0 Å². The van der Waals surface area contributed by atoms with Crippen molar-refractivity contribution in [3.05, 3.63) is 57.1 Å². The number of unbranched alkanes of at least 4 members (excludes halogenated alkanes) is 2. The fourth-order valence-electron chi connectivity index (χ4n) is 3.57. The Labute approximate surface area is 439 Å². The van der Waals surface area contributed by atoms with Gasteiger partial charge in [0.1, 0.15) is 33.0 Å². The molecule has 28 heteroatoms. The van der Waals surface area contributed by atoms with Crippen LogP contribution in [0.1, 0.15) is 65.2 Å². The second-order valence-electron chi connectivity index (χ2n) is 13.2. The van der Waals surface area contributed by atoms with Gasteiger partial charge in [0.15, 0.2) is 15.7 Å². The number of hydrogen-bond acceptors (Lipinski definition) is 18. The molecule has 0 fully saturated rings. The van der Waals surface area contributed by atoms with Crippen molar-refractivity contribution in [2.45, 2.75) is 65.2 Å². The Kier molecular flexibility index (Phi) is 64.9. The number of rotatable bonds is 43. The van der Waals surface area contributed by atoms with Crippen LogP contribution in [0.5, 0.6) is 0 Å². The summed E-state index contributed by atoms with van der Waals surface area (Å²) in [5.41, 5.74) is 0. The molecule has 0 bridgehead atoms. The molecular weight excluding hydrogens is 1090 g/mol. The molecule has 0 saturated heterocycles. The van der Waals surface area contributed by atoms with Gasteiger partial charge in [-0.1, -0.05) is 81.2 Å². The van der Waals surface area contributed by atoms with Crippen molar-refractivity contribution in [1.29, 1.82) is 0 Å². The molecule has 0 N–H and O–H groups in total. The SMILES string of the molecule is [C-]#[N+]CCOP(C)(=O)CCCS.[C-]#[N+]CCOP(C)(=O)OCCCSSCCCC.[C-]#[N+]CCOP(C)OCCCSSCCCC.[C-]#[N+]CCOP(OC)SCCCOP(C)(=O)OCC[N+]#[C-]. The molecule has 0 aromatic heterocycles. The average Bonchev–Trinajstić information content (AvgIpc) is 3.30. The van der Waals surface area contributed by atoms with Gasteiger partial charge in [-0.25, -0.2) is 32.9 Å². The van der Waals surface area contributed by atoms with Gasteiger partial charge in [0.2, 0.25) is 40.3 Å². The van der Waals surface area contributed by atoms with E-state index in [1.165, 1.54) is 61.9 Å². The maximum atomic E-state index is 11.8. The van der Waals surface area contributed by atoms with E-state index in [0.717, 1.165) is 48.9 Å². The van der Waals surface area contributed by atoms with E-state index < -0.39 is 38.5 Å². The third-order valence-electron chi connectivity index (χ3n) is 6.86. The summed E-state index contributed by atoms with van der Waals surface area (Å²) in [6, 6.07) is 0. The Morgan fingerprint density at radius 1 is 0.500 bits per heavy atom. The van der Waals surface area contributed by atoms with Gasteiger partial charge in [-0.3, -0.25) is 13.7 Å². The summed E-state index contributed by atoms with van der Waals surface area (Å²) in [6.45, 7) is 48.2. The van der Waals surface area contributed by atoms with Crippen molar-refractivity contribution in [3.8, 4) is 0 Å². The molecule has 0 aliphatic carbocycles. The first kappa shape index (κ1) is 75.3. The Morgan fingerprint density at radius 2 is 0.868 bits per heavy atom. The van der Waals surface area contributed by atoms with Crippen molar-refractivity contribution in [3.63, 3.8) is 0 Å². The summed E-state index contributed by atoms with van der Waals surface area (Å²) in [7, 11) is -1.10. The van der Waals surface area contributed by atoms with Crippen molar-refractivity contribution >= 4 is 106 Å². The summed E-state index contributed by atoms with van der Waals surface area (Å²) >= 11 is 5.53. The van der Waals surface area contributed by atoms with Gasteiger partial charge in [0.25, 0.3) is 0 Å². The van der Waals surface area contributed by atoms with Crippen molar-refractivity contribution < 1.29 is 54.4 Å². The van der Waals surface area contributed by atoms with Crippen LogP contribution in [0, 0.1) is 32.9 Å². The molecule has 5 atom stereocenters. The number of nitrogens with zero attached hydrogens (tertiary/aromatic N) is 5. The molecule has 17 nitrogen and oxygen atoms in total. The van der Waals surface area contributed by atoms with E-state index in [4.69, 9.17) is 73.6 Å². The summed E-state index contributed by atoms with van der Waals surface area (Å²) in [5.74, 6) is 6.04. The molecule has 0 aromatic rings. The minimum Gasteiger partial charge on any atom is -0.334 e. The average molecular weight is 1170 g/mol. The first-order chi connectivity index (χ1) is 32.6. The molecule has 0 radical (unpaired) electrons. The van der Waals surface area contributed by atoms with Crippen LogP contribution >= 0.6 is 106 Å². The first-order valence-corrected chi connectivity index (χ1v) is 38.1. The fraction of sp³-hybridized carbons (Fsp3) is 0.875. The standard InChI is InChI=1S/C11H20N2O5P2S.C11H22NO3PS2.C11H22NO2PS2.C7H14NO2PS/c1-12-6-9-16-19(15-3)21-11-5-8-17-20(4,14)18-10-7-13-2;1-4-5-10-17-18-11-6-8-14-16(3,13)15-9-7-12-2;1-4-5-10-16-17-11-6-8-13-15(3)14-9-7-12-2;1-8-4-5-10-11(2,9)6-3-7-12/h5-11H2,3-4H3;4-11H2,1,3H3;4-11H2,1,3H3;12H,3-7H2,2H3. The number of hydrogen-bond donors (Lipinski definition) is 1. The molecule has 0 heterocycles. The lowest BCUT2D eigenvalue weighted by atomic mass is 10.4. The Balaban J connectivity index is -0.000000408. The van der Waals surface area contributed by atoms with Crippen molar-refractivity contribution in [2.75, 3.05) is 160 Å². The zero-order valence-electron chi connectivity index (χ0n) is 41.2. The third kappa shape index (κ3) is 66.7. The van der Waals surface area contributed by atoms with E-state index >= 15 is 0 Å². The van der Waals surface area contributed by atoms with Crippen molar-refractivity contribution in [2.24, 2.45) is 0 Å². The summed E-state index contributed by atoms with van der Waals surface area (Å²) in [6.07, 6.45) is 9.07. The highest BCUT2D eigenvalue weighted by molar-refractivity contribution is 8.77. The predicted octanol–water partition coefficient (Wildman–Crippen LogP) is 14.6. The lowest BCUT2D eigenvalue weighted by molar-refractivity contribution is 0.215. The van der Waals surface area contributed by atoms with Gasteiger partial charge in [-0.2, -0.15) is 12.6 Å². The molecule has 0 spiro atoms. The highest BCUT2D eigenvalue weighted by atomic mass is 33.1. The first-order valence-electron chi connectivity index (χ1n) is 21.9. The molecule has 0 amide bonds. The van der Waals surface area contributed by atoms with Crippen LogP contribution in [0.3, 0.4) is 0 Å². The largest absolute Gasteiger partial charge is 0.334 e. The molecule has 0 aromatic carbocycles. The minimum absolute atomic E-state index is 0.121. The van der Waals surface area contributed by atoms with Crippen LogP contribution in [0.2, 0.25) is 0 Å². The molecule has 0 rings (SSSR count). The topological polar surface area (TPSA) is 156 Å². The van der Waals surface area contributed by atoms with Crippen LogP contribution in [0.4, 0.5) is 0 Å².